The lowest BCUT2D eigenvalue weighted by molar-refractivity contribution is 0.102. The summed E-state index contributed by atoms with van der Waals surface area (Å²) in [6.45, 7) is 0.118. The molecule has 0 unspecified atom stereocenters. The lowest BCUT2D eigenvalue weighted by Crippen LogP contribution is -2.12. The molecule has 0 spiro atoms. The summed E-state index contributed by atoms with van der Waals surface area (Å²) in [5, 5.41) is 12.0. The molecule has 1 aromatic carbocycles. The quantitative estimate of drug-likeness (QED) is 0.794. The number of rotatable bonds is 4. The minimum absolute atomic E-state index is 0.118. The van der Waals surface area contributed by atoms with Gasteiger partial charge in [0.05, 0.1) is 5.02 Å². The van der Waals surface area contributed by atoms with E-state index in [4.69, 9.17) is 16.7 Å². The van der Waals surface area contributed by atoms with E-state index >= 15 is 0 Å². The molecule has 1 heterocycles. The van der Waals surface area contributed by atoms with E-state index in [0.717, 1.165) is 5.56 Å². The molecule has 3 N–H and O–H groups in total. The molecule has 0 bridgehead atoms. The summed E-state index contributed by atoms with van der Waals surface area (Å²) in [5.41, 5.74) is 2.14. The molecule has 5 heteroatoms. The van der Waals surface area contributed by atoms with E-state index in [1.807, 2.05) is 12.1 Å². The van der Waals surface area contributed by atoms with Crippen molar-refractivity contribution >= 4 is 23.2 Å². The topological polar surface area (TPSA) is 65.1 Å². The third kappa shape index (κ3) is 3.12. The fourth-order valence-corrected chi connectivity index (χ4v) is 1.74. The molecule has 0 atom stereocenters. The van der Waals surface area contributed by atoms with Crippen molar-refractivity contribution in [1.29, 1.82) is 0 Å². The van der Waals surface area contributed by atoms with E-state index in [1.165, 1.54) is 0 Å². The molecule has 0 aliphatic carbocycles. The van der Waals surface area contributed by atoms with E-state index in [2.05, 4.69) is 10.3 Å². The molecule has 2 aromatic rings. The van der Waals surface area contributed by atoms with Crippen LogP contribution in [0, 0.1) is 0 Å². The first-order chi connectivity index (χ1) is 8.69. The predicted octanol–water partition coefficient (Wildman–Crippen LogP) is 2.46. The van der Waals surface area contributed by atoms with Crippen LogP contribution in [0.15, 0.2) is 36.5 Å². The Morgan fingerprint density at radius 1 is 1.33 bits per heavy atom. The minimum atomic E-state index is -0.239. The van der Waals surface area contributed by atoms with Gasteiger partial charge in [-0.25, -0.2) is 0 Å². The smallest absolute Gasteiger partial charge is 0.272 e. The van der Waals surface area contributed by atoms with Gasteiger partial charge in [-0.3, -0.25) is 4.79 Å². The number of anilines is 1. The number of aliphatic hydroxyl groups excluding tert-OH is 1. The number of aromatic amines is 1. The number of carbonyl (C=O) groups excluding carboxylic acids is 1. The van der Waals surface area contributed by atoms with E-state index in [0.29, 0.717) is 22.8 Å². The van der Waals surface area contributed by atoms with Crippen LogP contribution in [0.3, 0.4) is 0 Å². The molecule has 18 heavy (non-hydrogen) atoms. The zero-order chi connectivity index (χ0) is 13.0. The molecule has 94 valence electrons. The summed E-state index contributed by atoms with van der Waals surface area (Å²) in [6, 6.07) is 8.90. The van der Waals surface area contributed by atoms with Crippen molar-refractivity contribution in [1.82, 2.24) is 4.98 Å². The molecule has 0 aliphatic heterocycles. The summed E-state index contributed by atoms with van der Waals surface area (Å²) in [7, 11) is 0. The number of benzene rings is 1. The molecular formula is C13H13ClN2O2. The summed E-state index contributed by atoms with van der Waals surface area (Å²) < 4.78 is 0. The van der Waals surface area contributed by atoms with Gasteiger partial charge in [-0.2, -0.15) is 0 Å². The molecule has 0 radical (unpaired) electrons. The average molecular weight is 265 g/mol. The number of halogens is 1. The summed E-state index contributed by atoms with van der Waals surface area (Å²) in [4.78, 5) is 14.6. The van der Waals surface area contributed by atoms with E-state index in [1.54, 1.807) is 24.4 Å². The van der Waals surface area contributed by atoms with Crippen LogP contribution in [0.25, 0.3) is 0 Å². The highest BCUT2D eigenvalue weighted by Crippen LogP contribution is 2.13. The van der Waals surface area contributed by atoms with Crippen LogP contribution in [0.1, 0.15) is 16.1 Å². The Hall–Kier alpha value is -1.78. The number of H-pyrrole nitrogens is 1. The van der Waals surface area contributed by atoms with Gasteiger partial charge in [0.1, 0.15) is 5.69 Å². The highest BCUT2D eigenvalue weighted by Gasteiger charge is 2.08. The van der Waals surface area contributed by atoms with Crippen LogP contribution < -0.4 is 5.32 Å². The highest BCUT2D eigenvalue weighted by atomic mass is 35.5. The van der Waals surface area contributed by atoms with Crippen LogP contribution in [-0.4, -0.2) is 22.6 Å². The van der Waals surface area contributed by atoms with Crippen molar-refractivity contribution in [3.05, 3.63) is 52.8 Å². The fraction of sp³-hybridized carbons (Fsp3) is 0.154. The van der Waals surface area contributed by atoms with Gasteiger partial charge >= 0.3 is 0 Å². The lowest BCUT2D eigenvalue weighted by Gasteiger charge is -2.05. The maximum Gasteiger partial charge on any atom is 0.272 e. The normalized spacial score (nSPS) is 10.3. The number of aromatic nitrogens is 1. The Morgan fingerprint density at radius 3 is 2.61 bits per heavy atom. The lowest BCUT2D eigenvalue weighted by atomic mass is 10.1. The minimum Gasteiger partial charge on any atom is -0.396 e. The van der Waals surface area contributed by atoms with Gasteiger partial charge < -0.3 is 15.4 Å². The SMILES string of the molecule is O=C(Nc1ccc(CCO)cc1)c1cc(Cl)c[nH]1. The fourth-order valence-electron chi connectivity index (χ4n) is 1.58. The Morgan fingerprint density at radius 2 is 2.06 bits per heavy atom. The van der Waals surface area contributed by atoms with Gasteiger partial charge in [0.2, 0.25) is 0 Å². The predicted molar refractivity (Wildman–Crippen MR) is 71.0 cm³/mol. The Bertz CT molecular complexity index is 534. The van der Waals surface area contributed by atoms with Crippen molar-refractivity contribution < 1.29 is 9.90 Å². The third-order valence-corrected chi connectivity index (χ3v) is 2.72. The van der Waals surface area contributed by atoms with E-state index < -0.39 is 0 Å². The molecular weight excluding hydrogens is 252 g/mol. The van der Waals surface area contributed by atoms with Crippen LogP contribution in [0.2, 0.25) is 5.02 Å². The second-order valence-corrected chi connectivity index (χ2v) is 4.29. The molecule has 0 aliphatic rings. The Labute approximate surface area is 110 Å². The van der Waals surface area contributed by atoms with Gasteiger partial charge in [-0.15, -0.1) is 0 Å². The van der Waals surface area contributed by atoms with E-state index in [-0.39, 0.29) is 12.5 Å². The van der Waals surface area contributed by atoms with E-state index in [9.17, 15) is 4.79 Å². The zero-order valence-corrected chi connectivity index (χ0v) is 10.4. The van der Waals surface area contributed by atoms with Crippen molar-refractivity contribution in [3.63, 3.8) is 0 Å². The van der Waals surface area contributed by atoms with Crippen LogP contribution in [0.5, 0.6) is 0 Å². The average Bonchev–Trinajstić information content (AvgIpc) is 2.79. The van der Waals surface area contributed by atoms with Crippen LogP contribution in [-0.2, 0) is 6.42 Å². The standard InChI is InChI=1S/C13H13ClN2O2/c14-10-7-12(15-8-10)13(18)16-11-3-1-9(2-4-11)5-6-17/h1-4,7-8,15,17H,5-6H2,(H,16,18). The second kappa shape index (κ2) is 5.71. The van der Waals surface area contributed by atoms with Gasteiger partial charge in [-0.05, 0) is 30.2 Å². The monoisotopic (exact) mass is 264 g/mol. The van der Waals surface area contributed by atoms with Crippen molar-refractivity contribution in [2.45, 2.75) is 6.42 Å². The Kier molecular flexibility index (Phi) is 4.02. The van der Waals surface area contributed by atoms with Crippen LogP contribution in [0.4, 0.5) is 5.69 Å². The molecule has 0 fully saturated rings. The van der Waals surface area contributed by atoms with Crippen molar-refractivity contribution in [2.75, 3.05) is 11.9 Å². The van der Waals surface area contributed by atoms with Crippen molar-refractivity contribution in [2.24, 2.45) is 0 Å². The first-order valence-electron chi connectivity index (χ1n) is 5.54. The molecule has 1 aromatic heterocycles. The number of nitrogens with one attached hydrogen (secondary N) is 2. The van der Waals surface area contributed by atoms with Gasteiger partial charge in [-0.1, -0.05) is 23.7 Å². The molecule has 1 amide bonds. The number of hydrogen-bond acceptors (Lipinski definition) is 2. The second-order valence-electron chi connectivity index (χ2n) is 3.86. The number of amides is 1. The molecule has 0 saturated heterocycles. The number of hydrogen-bond donors (Lipinski definition) is 3. The highest BCUT2D eigenvalue weighted by molar-refractivity contribution is 6.31. The van der Waals surface area contributed by atoms with Gasteiger partial charge in [0.15, 0.2) is 0 Å². The first-order valence-corrected chi connectivity index (χ1v) is 5.92. The summed E-state index contributed by atoms with van der Waals surface area (Å²) in [6.07, 6.45) is 2.17. The maximum atomic E-state index is 11.8. The summed E-state index contributed by atoms with van der Waals surface area (Å²) in [5.74, 6) is -0.239. The summed E-state index contributed by atoms with van der Waals surface area (Å²) >= 11 is 5.73. The van der Waals surface area contributed by atoms with Gasteiger partial charge in [0, 0.05) is 18.5 Å². The maximum absolute atomic E-state index is 11.8. The molecule has 4 nitrogen and oxygen atoms in total. The first kappa shape index (κ1) is 12.7. The van der Waals surface area contributed by atoms with Crippen molar-refractivity contribution in [3.8, 4) is 0 Å². The van der Waals surface area contributed by atoms with Gasteiger partial charge in [0.25, 0.3) is 5.91 Å². The molecule has 0 saturated carbocycles. The largest absolute Gasteiger partial charge is 0.396 e. The third-order valence-electron chi connectivity index (χ3n) is 2.50. The zero-order valence-electron chi connectivity index (χ0n) is 9.61. The number of carbonyl (C=O) groups is 1. The number of aliphatic hydroxyl groups is 1. The molecule has 2 rings (SSSR count). The Balaban J connectivity index is 2.03. The van der Waals surface area contributed by atoms with Crippen LogP contribution >= 0.6 is 11.6 Å².